The smallest absolute Gasteiger partial charge is 0.430 e. The van der Waals surface area contributed by atoms with Crippen molar-refractivity contribution < 1.29 is 28.5 Å². The minimum Gasteiger partial charge on any atom is -0.430 e. The lowest BCUT2D eigenvalue weighted by molar-refractivity contribution is -0.228. The Kier molecular flexibility index (Phi) is 12.9. The molecule has 30 heavy (non-hydrogen) atoms. The number of ether oxygens (including phenoxy) is 4. The van der Waals surface area contributed by atoms with Crippen molar-refractivity contribution in [1.29, 1.82) is 0 Å². The zero-order valence-electron chi connectivity index (χ0n) is 18.9. The molecule has 2 atom stereocenters. The second kappa shape index (κ2) is 13.1. The summed E-state index contributed by atoms with van der Waals surface area (Å²) in [5.74, 6) is -0.359. The standard InChI is InChI=1S/C21H35Cl3O6/c1-9-10-15(6)16(30-19(26)27-12-21(22,23)24)11-17(25)20(7,8)18(28-13(2)3)29-14(4)5/h9,13-16,18H,1,10-12H2,2-8H3/t15-,16+/m0/s1. The Morgan fingerprint density at radius 3 is 1.90 bits per heavy atom. The third-order valence-electron chi connectivity index (χ3n) is 4.26. The topological polar surface area (TPSA) is 71.1 Å². The van der Waals surface area contributed by atoms with Crippen LogP contribution in [-0.2, 0) is 23.7 Å². The third kappa shape index (κ3) is 11.8. The molecule has 9 heteroatoms. The van der Waals surface area contributed by atoms with Crippen LogP contribution in [0.25, 0.3) is 0 Å². The first-order valence-electron chi connectivity index (χ1n) is 9.95. The molecule has 0 heterocycles. The Labute approximate surface area is 195 Å². The molecule has 0 aliphatic heterocycles. The fraction of sp³-hybridized carbons (Fsp3) is 0.810. The van der Waals surface area contributed by atoms with Gasteiger partial charge in [0, 0.05) is 6.42 Å². The minimum absolute atomic E-state index is 0.0513. The van der Waals surface area contributed by atoms with E-state index in [4.69, 9.17) is 53.8 Å². The van der Waals surface area contributed by atoms with Gasteiger partial charge in [-0.3, -0.25) is 4.79 Å². The molecule has 0 aromatic heterocycles. The second-order valence-electron chi connectivity index (χ2n) is 8.36. The first kappa shape index (κ1) is 29.5. The zero-order chi connectivity index (χ0) is 23.7. The van der Waals surface area contributed by atoms with Gasteiger partial charge in [-0.25, -0.2) is 4.79 Å². The van der Waals surface area contributed by atoms with Crippen LogP contribution >= 0.6 is 34.8 Å². The number of hydrogen-bond donors (Lipinski definition) is 0. The average Bonchev–Trinajstić information content (AvgIpc) is 2.57. The molecule has 0 amide bonds. The molecular weight excluding hydrogens is 455 g/mol. The molecule has 0 saturated heterocycles. The number of carbonyl (C=O) groups excluding carboxylic acids is 2. The van der Waals surface area contributed by atoms with Gasteiger partial charge in [-0.1, -0.05) is 47.8 Å². The summed E-state index contributed by atoms with van der Waals surface area (Å²) in [4.78, 5) is 25.3. The number of rotatable bonds is 13. The van der Waals surface area contributed by atoms with E-state index in [0.29, 0.717) is 6.42 Å². The molecule has 0 aromatic rings. The molecule has 0 N–H and O–H groups in total. The Morgan fingerprint density at radius 2 is 1.50 bits per heavy atom. The first-order valence-corrected chi connectivity index (χ1v) is 11.1. The van der Waals surface area contributed by atoms with Crippen LogP contribution in [0.1, 0.15) is 61.3 Å². The summed E-state index contributed by atoms with van der Waals surface area (Å²) < 4.78 is 20.2. The van der Waals surface area contributed by atoms with Crippen LogP contribution in [-0.4, -0.2) is 46.9 Å². The molecule has 0 fully saturated rings. The van der Waals surface area contributed by atoms with Gasteiger partial charge < -0.3 is 18.9 Å². The SMILES string of the molecule is C=CC[C@H](C)[C@@H](CC(=O)C(C)(C)C(OC(C)C)OC(C)C)OC(=O)OCC(Cl)(Cl)Cl. The van der Waals surface area contributed by atoms with Gasteiger partial charge in [0.05, 0.1) is 17.6 Å². The highest BCUT2D eigenvalue weighted by molar-refractivity contribution is 6.67. The van der Waals surface area contributed by atoms with Gasteiger partial charge in [0.2, 0.25) is 3.79 Å². The summed E-state index contributed by atoms with van der Waals surface area (Å²) in [6.45, 7) is 16.1. The maximum Gasteiger partial charge on any atom is 0.508 e. The number of ketones is 1. The molecule has 6 nitrogen and oxygen atoms in total. The normalized spacial score (nSPS) is 14.7. The maximum absolute atomic E-state index is 13.2. The van der Waals surface area contributed by atoms with Crippen molar-refractivity contribution in [2.45, 2.75) is 89.7 Å². The predicted octanol–water partition coefficient (Wildman–Crippen LogP) is 6.25. The first-order chi connectivity index (χ1) is 13.6. The van der Waals surface area contributed by atoms with Gasteiger partial charge in [0.1, 0.15) is 18.5 Å². The van der Waals surface area contributed by atoms with Crippen molar-refractivity contribution in [2.24, 2.45) is 11.3 Å². The molecule has 0 rings (SSSR count). The van der Waals surface area contributed by atoms with E-state index in [2.05, 4.69) is 6.58 Å². The highest BCUT2D eigenvalue weighted by Gasteiger charge is 2.41. The molecule has 0 aromatic carbocycles. The number of allylic oxidation sites excluding steroid dienone is 1. The summed E-state index contributed by atoms with van der Waals surface area (Å²) >= 11 is 16.8. The molecule has 0 radical (unpaired) electrons. The van der Waals surface area contributed by atoms with Gasteiger partial charge in [-0.2, -0.15) is 0 Å². The third-order valence-corrected chi connectivity index (χ3v) is 4.59. The van der Waals surface area contributed by atoms with Crippen molar-refractivity contribution in [2.75, 3.05) is 6.61 Å². The van der Waals surface area contributed by atoms with E-state index in [-0.39, 0.29) is 30.3 Å². The van der Waals surface area contributed by atoms with Crippen LogP contribution in [0.15, 0.2) is 12.7 Å². The molecule has 0 aliphatic carbocycles. The molecular formula is C21H35Cl3O6. The van der Waals surface area contributed by atoms with Crippen LogP contribution < -0.4 is 0 Å². The lowest BCUT2D eigenvalue weighted by atomic mass is 9.82. The Morgan fingerprint density at radius 1 is 1.00 bits per heavy atom. The van der Waals surface area contributed by atoms with E-state index in [1.54, 1.807) is 19.9 Å². The van der Waals surface area contributed by atoms with Crippen molar-refractivity contribution >= 4 is 46.7 Å². The number of Topliss-reactive ketones (excluding diaryl/α,β-unsaturated/α-hetero) is 1. The lowest BCUT2D eigenvalue weighted by Crippen LogP contribution is -2.45. The number of alkyl halides is 3. The predicted molar refractivity (Wildman–Crippen MR) is 120 cm³/mol. The summed E-state index contributed by atoms with van der Waals surface area (Å²) in [6, 6.07) is 0. The number of carbonyl (C=O) groups is 2. The van der Waals surface area contributed by atoms with Gasteiger partial charge in [-0.15, -0.1) is 6.58 Å². The van der Waals surface area contributed by atoms with E-state index in [0.717, 1.165) is 0 Å². The summed E-state index contributed by atoms with van der Waals surface area (Å²) in [7, 11) is 0. The molecule has 0 unspecified atom stereocenters. The van der Waals surface area contributed by atoms with E-state index in [9.17, 15) is 9.59 Å². The lowest BCUT2D eigenvalue weighted by Gasteiger charge is -2.36. The summed E-state index contributed by atoms with van der Waals surface area (Å²) in [6.07, 6.45) is -0.617. The van der Waals surface area contributed by atoms with Crippen molar-refractivity contribution in [1.82, 2.24) is 0 Å². The maximum atomic E-state index is 13.2. The highest BCUT2D eigenvalue weighted by atomic mass is 35.6. The Balaban J connectivity index is 5.40. The number of hydrogen-bond acceptors (Lipinski definition) is 6. The molecule has 176 valence electrons. The quantitative estimate of drug-likeness (QED) is 0.132. The van der Waals surface area contributed by atoms with Gasteiger partial charge in [0.15, 0.2) is 6.29 Å². The summed E-state index contributed by atoms with van der Waals surface area (Å²) in [5, 5.41) is 0. The van der Waals surface area contributed by atoms with Crippen molar-refractivity contribution in [3.8, 4) is 0 Å². The molecule has 0 spiro atoms. The van der Waals surface area contributed by atoms with E-state index < -0.39 is 34.4 Å². The Bertz CT molecular complexity index is 547. The summed E-state index contributed by atoms with van der Waals surface area (Å²) in [5.41, 5.74) is -0.981. The van der Waals surface area contributed by atoms with Crippen LogP contribution in [0.3, 0.4) is 0 Å². The van der Waals surface area contributed by atoms with Crippen LogP contribution in [0.4, 0.5) is 4.79 Å². The minimum atomic E-state index is -1.76. The highest BCUT2D eigenvalue weighted by Crippen LogP contribution is 2.32. The number of halogens is 3. The zero-order valence-corrected chi connectivity index (χ0v) is 21.1. The van der Waals surface area contributed by atoms with Crippen molar-refractivity contribution in [3.63, 3.8) is 0 Å². The second-order valence-corrected chi connectivity index (χ2v) is 10.9. The van der Waals surface area contributed by atoms with Gasteiger partial charge in [0.25, 0.3) is 0 Å². The average molecular weight is 490 g/mol. The van der Waals surface area contributed by atoms with E-state index in [1.807, 2.05) is 34.6 Å². The van der Waals surface area contributed by atoms with Gasteiger partial charge >= 0.3 is 6.16 Å². The van der Waals surface area contributed by atoms with Crippen LogP contribution in [0.2, 0.25) is 0 Å². The Hall–Kier alpha value is -0.530. The monoisotopic (exact) mass is 488 g/mol. The fourth-order valence-corrected chi connectivity index (χ4v) is 2.68. The van der Waals surface area contributed by atoms with Crippen LogP contribution in [0.5, 0.6) is 0 Å². The van der Waals surface area contributed by atoms with E-state index in [1.165, 1.54) is 0 Å². The molecule has 0 aliphatic rings. The van der Waals surface area contributed by atoms with Gasteiger partial charge in [-0.05, 0) is 53.9 Å². The largest absolute Gasteiger partial charge is 0.508 e. The van der Waals surface area contributed by atoms with Crippen molar-refractivity contribution in [3.05, 3.63) is 12.7 Å². The van der Waals surface area contributed by atoms with E-state index >= 15 is 0 Å². The van der Waals surface area contributed by atoms with Crippen LogP contribution in [0, 0.1) is 11.3 Å². The molecule has 0 bridgehead atoms. The molecule has 0 saturated carbocycles. The fourth-order valence-electron chi connectivity index (χ4n) is 2.52.